The molecule has 1 saturated carbocycles. The number of aliphatic hydroxyl groups excluding tert-OH is 2. The van der Waals surface area contributed by atoms with Gasteiger partial charge in [-0.1, -0.05) is 12.2 Å². The van der Waals surface area contributed by atoms with Gasteiger partial charge in [-0.25, -0.2) is 0 Å². The van der Waals surface area contributed by atoms with Crippen molar-refractivity contribution in [1.82, 2.24) is 0 Å². The van der Waals surface area contributed by atoms with Gasteiger partial charge in [0.05, 0.1) is 0 Å². The first-order valence-corrected chi connectivity index (χ1v) is 4.27. The summed E-state index contributed by atoms with van der Waals surface area (Å²) in [6, 6.07) is 0. The van der Waals surface area contributed by atoms with E-state index in [1.54, 1.807) is 0 Å². The summed E-state index contributed by atoms with van der Waals surface area (Å²) in [5, 5.41) is 18.1. The van der Waals surface area contributed by atoms with Gasteiger partial charge in [-0.15, -0.1) is 0 Å². The van der Waals surface area contributed by atoms with Crippen LogP contribution in [0.2, 0.25) is 0 Å². The van der Waals surface area contributed by atoms with E-state index in [9.17, 15) is 0 Å². The van der Waals surface area contributed by atoms with Gasteiger partial charge < -0.3 is 10.2 Å². The van der Waals surface area contributed by atoms with Crippen LogP contribution in [0, 0.1) is 23.7 Å². The van der Waals surface area contributed by atoms with Gasteiger partial charge in [0.1, 0.15) is 0 Å². The molecule has 2 N–H and O–H groups in total. The number of hydrogen-bond donors (Lipinski definition) is 2. The molecule has 1 fully saturated rings. The lowest BCUT2D eigenvalue weighted by atomic mass is 9.84. The fraction of sp³-hybridized carbons (Fsp3) is 0.778. The second kappa shape index (κ2) is 2.61. The zero-order chi connectivity index (χ0) is 7.84. The third kappa shape index (κ3) is 0.932. The van der Waals surface area contributed by atoms with E-state index >= 15 is 0 Å². The van der Waals surface area contributed by atoms with Crippen LogP contribution in [0.1, 0.15) is 6.42 Å². The zero-order valence-corrected chi connectivity index (χ0v) is 6.48. The molecule has 4 atom stereocenters. The molecule has 2 aliphatic carbocycles. The summed E-state index contributed by atoms with van der Waals surface area (Å²) in [4.78, 5) is 0. The first-order valence-electron chi connectivity index (χ1n) is 4.27. The molecule has 0 spiro atoms. The maximum absolute atomic E-state index is 9.04. The van der Waals surface area contributed by atoms with Gasteiger partial charge in [-0.2, -0.15) is 0 Å². The van der Waals surface area contributed by atoms with Crippen LogP contribution >= 0.6 is 0 Å². The van der Waals surface area contributed by atoms with Gasteiger partial charge in [-0.3, -0.25) is 0 Å². The Hall–Kier alpha value is -0.340. The van der Waals surface area contributed by atoms with Crippen LogP contribution in [0.5, 0.6) is 0 Å². The predicted octanol–water partition coefficient (Wildman–Crippen LogP) is 0.409. The van der Waals surface area contributed by atoms with Gasteiger partial charge in [-0.05, 0) is 30.1 Å². The molecule has 2 aliphatic rings. The van der Waals surface area contributed by atoms with Gasteiger partial charge in [0.15, 0.2) is 0 Å². The number of allylic oxidation sites excluding steroid dienone is 2. The highest BCUT2D eigenvalue weighted by Crippen LogP contribution is 2.47. The summed E-state index contributed by atoms with van der Waals surface area (Å²) in [5.41, 5.74) is 0. The molecule has 0 aliphatic heterocycles. The van der Waals surface area contributed by atoms with E-state index < -0.39 is 0 Å². The number of aliphatic hydroxyl groups is 2. The highest BCUT2D eigenvalue weighted by atomic mass is 16.3. The molecule has 2 nitrogen and oxygen atoms in total. The minimum Gasteiger partial charge on any atom is -0.396 e. The summed E-state index contributed by atoms with van der Waals surface area (Å²) in [5.74, 6) is 1.74. The topological polar surface area (TPSA) is 40.5 Å². The van der Waals surface area contributed by atoms with Gasteiger partial charge in [0.2, 0.25) is 0 Å². The first kappa shape index (κ1) is 7.32. The first-order chi connectivity index (χ1) is 5.36. The van der Waals surface area contributed by atoms with Crippen LogP contribution in [-0.2, 0) is 0 Å². The largest absolute Gasteiger partial charge is 0.396 e. The Morgan fingerprint density at radius 2 is 1.45 bits per heavy atom. The van der Waals surface area contributed by atoms with Crippen molar-refractivity contribution in [3.8, 4) is 0 Å². The maximum Gasteiger partial charge on any atom is 0.0468 e. The van der Waals surface area contributed by atoms with Crippen molar-refractivity contribution < 1.29 is 10.2 Å². The maximum atomic E-state index is 9.04. The quantitative estimate of drug-likeness (QED) is 0.565. The minimum absolute atomic E-state index is 0.233. The molecule has 0 heterocycles. The van der Waals surface area contributed by atoms with Gasteiger partial charge in [0.25, 0.3) is 0 Å². The SMILES string of the molecule is OC[C@@H]1[C@@H](CO)[C@@H]2C=C[C@@H]1C2. The molecule has 0 aromatic carbocycles. The van der Waals surface area contributed by atoms with Crippen molar-refractivity contribution in [3.05, 3.63) is 12.2 Å². The standard InChI is InChI=1S/C9H14O2/c10-4-8-6-1-2-7(3-6)9(8)5-11/h1-2,6-11H,3-5H2/t6-,7-,8+,9+/m1/s1. The van der Waals surface area contributed by atoms with Crippen molar-refractivity contribution >= 4 is 0 Å². The third-order valence-electron chi connectivity index (χ3n) is 3.22. The number of hydrogen-bond acceptors (Lipinski definition) is 2. The van der Waals surface area contributed by atoms with Crippen molar-refractivity contribution in [2.45, 2.75) is 6.42 Å². The van der Waals surface area contributed by atoms with E-state index in [2.05, 4.69) is 12.2 Å². The van der Waals surface area contributed by atoms with Gasteiger partial charge >= 0.3 is 0 Å². The average molecular weight is 154 g/mol. The normalized spacial score (nSPS) is 47.1. The molecule has 0 unspecified atom stereocenters. The van der Waals surface area contributed by atoms with Crippen molar-refractivity contribution in [2.24, 2.45) is 23.7 Å². The molecule has 2 rings (SSSR count). The fourth-order valence-corrected chi connectivity index (χ4v) is 2.57. The Balaban J connectivity index is 2.15. The highest BCUT2D eigenvalue weighted by Gasteiger charge is 2.43. The summed E-state index contributed by atoms with van der Waals surface area (Å²) in [7, 11) is 0. The number of rotatable bonds is 2. The molecule has 0 amide bonds. The zero-order valence-electron chi connectivity index (χ0n) is 6.48. The molecule has 0 radical (unpaired) electrons. The fourth-order valence-electron chi connectivity index (χ4n) is 2.57. The summed E-state index contributed by atoms with van der Waals surface area (Å²) in [6.07, 6.45) is 5.53. The van der Waals surface area contributed by atoms with E-state index in [0.717, 1.165) is 6.42 Å². The van der Waals surface area contributed by atoms with E-state index in [4.69, 9.17) is 10.2 Å². The second-order valence-electron chi connectivity index (χ2n) is 3.64. The monoisotopic (exact) mass is 154 g/mol. The molecule has 0 saturated heterocycles. The molecule has 2 bridgehead atoms. The summed E-state index contributed by atoms with van der Waals surface area (Å²) < 4.78 is 0. The Labute approximate surface area is 66.5 Å². The molecular formula is C9H14O2. The van der Waals surface area contributed by atoms with Crippen LogP contribution in [0.25, 0.3) is 0 Å². The lowest BCUT2D eigenvalue weighted by Gasteiger charge is -2.23. The molecular weight excluding hydrogens is 140 g/mol. The van der Waals surface area contributed by atoms with E-state index in [1.165, 1.54) is 0 Å². The summed E-state index contributed by atoms with van der Waals surface area (Å²) in [6.45, 7) is 0.466. The highest BCUT2D eigenvalue weighted by molar-refractivity contribution is 5.13. The van der Waals surface area contributed by atoms with Gasteiger partial charge in [0, 0.05) is 13.2 Å². The Kier molecular flexibility index (Phi) is 1.74. The Morgan fingerprint density at radius 3 is 1.82 bits per heavy atom. The van der Waals surface area contributed by atoms with E-state index in [0.29, 0.717) is 23.7 Å². The third-order valence-corrected chi connectivity index (χ3v) is 3.22. The van der Waals surface area contributed by atoms with E-state index in [1.807, 2.05) is 0 Å². The Bertz CT molecular complexity index is 158. The van der Waals surface area contributed by atoms with Crippen molar-refractivity contribution in [2.75, 3.05) is 13.2 Å². The minimum atomic E-state index is 0.233. The van der Waals surface area contributed by atoms with Crippen LogP contribution in [-0.4, -0.2) is 23.4 Å². The van der Waals surface area contributed by atoms with Crippen LogP contribution < -0.4 is 0 Å². The van der Waals surface area contributed by atoms with Crippen molar-refractivity contribution in [3.63, 3.8) is 0 Å². The lowest BCUT2D eigenvalue weighted by molar-refractivity contribution is 0.112. The molecule has 62 valence electrons. The Morgan fingerprint density at radius 1 is 1.00 bits per heavy atom. The van der Waals surface area contributed by atoms with Crippen molar-refractivity contribution in [1.29, 1.82) is 0 Å². The molecule has 2 heteroatoms. The van der Waals surface area contributed by atoms with Crippen LogP contribution in [0.15, 0.2) is 12.2 Å². The van der Waals surface area contributed by atoms with E-state index in [-0.39, 0.29) is 13.2 Å². The predicted molar refractivity (Wildman–Crippen MR) is 41.9 cm³/mol. The summed E-state index contributed by atoms with van der Waals surface area (Å²) >= 11 is 0. The smallest absolute Gasteiger partial charge is 0.0468 e. The molecule has 11 heavy (non-hydrogen) atoms. The number of fused-ring (bicyclic) bond motifs is 2. The second-order valence-corrected chi connectivity index (χ2v) is 3.64. The average Bonchev–Trinajstić information content (AvgIpc) is 2.60. The lowest BCUT2D eigenvalue weighted by Crippen LogP contribution is -2.25. The molecule has 0 aromatic heterocycles. The molecule has 0 aromatic rings. The van der Waals surface area contributed by atoms with Crippen LogP contribution in [0.4, 0.5) is 0 Å². The van der Waals surface area contributed by atoms with Crippen LogP contribution in [0.3, 0.4) is 0 Å².